The minimum Gasteiger partial charge on any atom is -0.507 e. The molecular formula is C62H79N13O7S. The number of carbonyl (C=O) groups is 2. The Bertz CT molecular complexity index is 3250. The molecule has 6 aliphatic rings. The molecule has 4 aromatic heterocycles. The molecule has 12 rings (SSSR count). The second-order valence-corrected chi connectivity index (χ2v) is 25.3. The number of amides is 2. The molecule has 9 heterocycles. The van der Waals surface area contributed by atoms with Crippen LogP contribution in [0.2, 0.25) is 0 Å². The van der Waals surface area contributed by atoms with Gasteiger partial charge in [-0.1, -0.05) is 43.3 Å². The summed E-state index contributed by atoms with van der Waals surface area (Å²) in [5, 5.41) is 37.5. The van der Waals surface area contributed by atoms with E-state index < -0.39 is 24.1 Å². The fourth-order valence-corrected chi connectivity index (χ4v) is 14.5. The number of pyridine rings is 1. The lowest BCUT2D eigenvalue weighted by molar-refractivity contribution is -0.141. The minimum atomic E-state index is -0.846. The highest BCUT2D eigenvalue weighted by atomic mass is 32.1. The van der Waals surface area contributed by atoms with E-state index in [1.807, 2.05) is 81.9 Å². The van der Waals surface area contributed by atoms with E-state index in [0.717, 1.165) is 143 Å². The molecule has 2 aromatic carbocycles. The number of nitrogens with two attached hydrogens (primary N) is 2. The molecule has 2 bridgehead atoms. The maximum atomic E-state index is 14.4. The Hall–Kier alpha value is -7.07. The van der Waals surface area contributed by atoms with Crippen LogP contribution in [-0.2, 0) is 14.3 Å². The van der Waals surface area contributed by atoms with Crippen molar-refractivity contribution in [3.63, 3.8) is 0 Å². The molecule has 83 heavy (non-hydrogen) atoms. The quantitative estimate of drug-likeness (QED) is 0.0546. The van der Waals surface area contributed by atoms with Gasteiger partial charge in [0.2, 0.25) is 17.7 Å². The van der Waals surface area contributed by atoms with Crippen molar-refractivity contribution in [1.29, 1.82) is 0 Å². The molecule has 2 amide bonds. The number of nitrogens with one attached hydrogen (secondary N) is 1. The number of hydrogen-bond donors (Lipinski definition) is 5. The fraction of sp³-hybridized carbons (Fsp3) is 0.532. The van der Waals surface area contributed by atoms with Crippen LogP contribution in [0.3, 0.4) is 0 Å². The number of thiazole rings is 1. The third kappa shape index (κ3) is 12.3. The van der Waals surface area contributed by atoms with Crippen LogP contribution in [0.1, 0.15) is 108 Å². The number of aliphatic hydroxyl groups is 1. The molecule has 2 unspecified atom stereocenters. The van der Waals surface area contributed by atoms with E-state index in [4.69, 9.17) is 25.5 Å². The predicted molar refractivity (Wildman–Crippen MR) is 320 cm³/mol. The number of para-hydroxylation sites is 1. The zero-order valence-electron chi connectivity index (χ0n) is 48.1. The van der Waals surface area contributed by atoms with Gasteiger partial charge in [-0.15, -0.1) is 21.5 Å². The first-order valence-corrected chi connectivity index (χ1v) is 30.8. The van der Waals surface area contributed by atoms with E-state index in [2.05, 4.69) is 62.4 Å². The van der Waals surface area contributed by atoms with Crippen molar-refractivity contribution in [2.75, 3.05) is 85.1 Å². The second-order valence-electron chi connectivity index (χ2n) is 24.5. The number of nitrogen functional groups attached to an aromatic ring is 2. The summed E-state index contributed by atoms with van der Waals surface area (Å²) in [7, 11) is 0. The SMILES string of the molecule is Cc1ncsc1-c1ccc([C@H](C)NC(=O)[C@@H]2C[C@@H](O)CN2C(=O)[C@@H](c2cc(N3CCC(CN4CCC(OC5CC(Oc6cc(N7CC8CCN(c9cc(-c%10ccccc%10O)nnc9N)CC7C8)ccn6)C5)CC4)CC3)no2)C(C)C)c(N)c1. The monoisotopic (exact) mass is 1150 g/mol. The van der Waals surface area contributed by atoms with E-state index in [1.165, 1.54) is 4.90 Å². The van der Waals surface area contributed by atoms with Crippen molar-refractivity contribution in [1.82, 2.24) is 40.4 Å². The molecule has 6 atom stereocenters. The molecule has 7 N–H and O–H groups in total. The zero-order chi connectivity index (χ0) is 57.5. The molecule has 1 saturated carbocycles. The number of aliphatic hydroxyl groups excluding tert-OH is 1. The normalized spacial score (nSPS) is 24.2. The summed E-state index contributed by atoms with van der Waals surface area (Å²) in [5.74, 6) is 2.12. The molecule has 440 valence electrons. The molecule has 5 aliphatic heterocycles. The highest BCUT2D eigenvalue weighted by Gasteiger charge is 2.44. The van der Waals surface area contributed by atoms with Crippen molar-refractivity contribution in [3.8, 4) is 33.3 Å². The Morgan fingerprint density at radius 3 is 2.40 bits per heavy atom. The van der Waals surface area contributed by atoms with Gasteiger partial charge in [0.05, 0.1) is 51.8 Å². The molecule has 0 radical (unpaired) electrons. The summed E-state index contributed by atoms with van der Waals surface area (Å²) in [4.78, 5) is 49.6. The van der Waals surface area contributed by atoms with Gasteiger partial charge in [-0.2, -0.15) is 0 Å². The van der Waals surface area contributed by atoms with Gasteiger partial charge >= 0.3 is 0 Å². The van der Waals surface area contributed by atoms with E-state index in [-0.39, 0.29) is 60.8 Å². The maximum Gasteiger partial charge on any atom is 0.243 e. The number of β-amino-alcohol motifs (C(OH)–C–C–N with tert-alkyl or cyclic N) is 1. The van der Waals surface area contributed by atoms with Crippen LogP contribution in [-0.4, -0.2) is 153 Å². The Labute approximate surface area is 489 Å². The number of carbonyl (C=O) groups excluding carboxylic acids is 2. The van der Waals surface area contributed by atoms with Gasteiger partial charge in [0.25, 0.3) is 0 Å². The van der Waals surface area contributed by atoms with Crippen molar-refractivity contribution in [3.05, 3.63) is 95.5 Å². The number of ether oxygens (including phenoxy) is 2. The Morgan fingerprint density at radius 1 is 0.843 bits per heavy atom. The number of phenolic OH excluding ortho intramolecular Hbond substituents is 1. The standard InChI is InChI=1S/C62H79N13O7S/c1-36(2)58(62(79)75-34-44(76)26-53(75)61(78)67-37(3)48-10-9-41(24-50(48)63)59-38(4)66-35-83-59)55-30-56(70-82-55)72-20-12-39(13-21-72)31-71-18-15-45(16-19-71)80-46-27-47(28-46)81-57-25-42(11-17-65-57)74-32-40-14-22-73(33-43(74)23-40)52-29-51(68-69-60(52)64)49-7-5-6-8-54(49)77/h5-11,17,24-25,29-30,35-37,39-40,43-47,53,58,76-77H,12-16,18-23,26-28,31-34,63H2,1-4H3,(H2,64,69)(H,67,78)/t37-,40?,43?,44+,46?,47?,53-,58+/m0/s1. The van der Waals surface area contributed by atoms with Gasteiger partial charge in [0.15, 0.2) is 17.4 Å². The Kier molecular flexibility index (Phi) is 16.5. The number of phenols is 1. The van der Waals surface area contributed by atoms with Crippen molar-refractivity contribution in [2.45, 2.75) is 134 Å². The highest BCUT2D eigenvalue weighted by Crippen LogP contribution is 2.41. The number of rotatable bonds is 17. The van der Waals surface area contributed by atoms with Gasteiger partial charge in [-0.3, -0.25) is 9.59 Å². The minimum absolute atomic E-state index is 0.0588. The third-order valence-corrected chi connectivity index (χ3v) is 19.3. The summed E-state index contributed by atoms with van der Waals surface area (Å²) in [6, 6.07) is 20.0. The van der Waals surface area contributed by atoms with Crippen LogP contribution < -0.4 is 36.2 Å². The van der Waals surface area contributed by atoms with Crippen LogP contribution in [0.15, 0.2) is 83.0 Å². The molecule has 6 fully saturated rings. The number of hydrogen-bond acceptors (Lipinski definition) is 19. The smallest absolute Gasteiger partial charge is 0.243 e. The van der Waals surface area contributed by atoms with Gasteiger partial charge in [-0.25, -0.2) is 9.97 Å². The zero-order valence-corrected chi connectivity index (χ0v) is 48.9. The van der Waals surface area contributed by atoms with Crippen molar-refractivity contribution in [2.24, 2.45) is 17.8 Å². The lowest BCUT2D eigenvalue weighted by Gasteiger charge is -2.41. The number of benzene rings is 2. The molecule has 0 spiro atoms. The van der Waals surface area contributed by atoms with E-state index in [1.54, 1.807) is 23.5 Å². The van der Waals surface area contributed by atoms with Crippen molar-refractivity contribution >= 4 is 51.8 Å². The summed E-state index contributed by atoms with van der Waals surface area (Å²) in [5.41, 5.74) is 21.2. The summed E-state index contributed by atoms with van der Waals surface area (Å²) in [6.45, 7) is 15.3. The largest absolute Gasteiger partial charge is 0.507 e. The number of aromatic nitrogens is 5. The number of aryl methyl sites for hydroxylation is 1. The average Bonchev–Trinajstić information content (AvgIpc) is 4.40. The van der Waals surface area contributed by atoms with Gasteiger partial charge in [0, 0.05) is 119 Å². The first kappa shape index (κ1) is 56.4. The van der Waals surface area contributed by atoms with E-state index in [9.17, 15) is 19.8 Å². The van der Waals surface area contributed by atoms with Gasteiger partial charge < -0.3 is 65.5 Å². The number of nitrogens with zero attached hydrogens (tertiary/aromatic N) is 10. The van der Waals surface area contributed by atoms with Gasteiger partial charge in [0.1, 0.15) is 23.8 Å². The van der Waals surface area contributed by atoms with Crippen LogP contribution in [0.25, 0.3) is 21.7 Å². The molecular weight excluding hydrogens is 1070 g/mol. The van der Waals surface area contributed by atoms with Crippen molar-refractivity contribution < 1.29 is 33.8 Å². The molecule has 20 nitrogen and oxygen atoms in total. The van der Waals surface area contributed by atoms with Crippen LogP contribution in [0, 0.1) is 24.7 Å². The van der Waals surface area contributed by atoms with Gasteiger partial charge in [-0.05, 0) is 112 Å². The Morgan fingerprint density at radius 2 is 1.64 bits per heavy atom. The van der Waals surface area contributed by atoms with Crippen LogP contribution in [0.5, 0.6) is 11.6 Å². The summed E-state index contributed by atoms with van der Waals surface area (Å²) in [6.07, 6.45) is 9.71. The number of anilines is 5. The first-order valence-electron chi connectivity index (χ1n) is 29.9. The third-order valence-electron chi connectivity index (χ3n) is 18.4. The topological polar surface area (TPSA) is 251 Å². The fourth-order valence-electron chi connectivity index (χ4n) is 13.7. The number of piperidine rings is 2. The molecule has 1 aliphatic carbocycles. The second kappa shape index (κ2) is 24.3. The number of fused-ring (bicyclic) bond motifs is 2. The van der Waals surface area contributed by atoms with E-state index in [0.29, 0.717) is 46.2 Å². The van der Waals surface area contributed by atoms with E-state index >= 15 is 0 Å². The number of likely N-dealkylation sites (tertiary alicyclic amines) is 2. The first-order chi connectivity index (χ1) is 40.2. The van der Waals surface area contributed by atoms with Crippen LogP contribution in [0.4, 0.5) is 28.7 Å². The summed E-state index contributed by atoms with van der Waals surface area (Å²) < 4.78 is 19.1. The molecule has 6 aromatic rings. The average molecular weight is 1150 g/mol. The summed E-state index contributed by atoms with van der Waals surface area (Å²) >= 11 is 1.55. The highest BCUT2D eigenvalue weighted by molar-refractivity contribution is 7.13. The predicted octanol–water partition coefficient (Wildman–Crippen LogP) is 7.82. The lowest BCUT2D eigenvalue weighted by atomic mass is 9.91. The molecule has 5 saturated heterocycles. The number of aromatic hydroxyl groups is 1. The van der Waals surface area contributed by atoms with Crippen LogP contribution >= 0.6 is 11.3 Å². The molecule has 21 heteroatoms. The maximum absolute atomic E-state index is 14.4. The Balaban J connectivity index is 0.569. The lowest BCUT2D eigenvalue weighted by Crippen LogP contribution is -2.48.